The zero-order chi connectivity index (χ0) is 20.3. The van der Waals surface area contributed by atoms with E-state index in [9.17, 15) is 23.8 Å². The highest BCUT2D eigenvalue weighted by Crippen LogP contribution is 2.44. The Labute approximate surface area is 162 Å². The smallest absolute Gasteiger partial charge is 0.338 e. The molecule has 0 radical (unpaired) electrons. The van der Waals surface area contributed by atoms with Crippen LogP contribution in [0.3, 0.4) is 0 Å². The van der Waals surface area contributed by atoms with Crippen LogP contribution in [0.2, 0.25) is 0 Å². The van der Waals surface area contributed by atoms with Gasteiger partial charge >= 0.3 is 11.9 Å². The first-order valence-corrected chi connectivity index (χ1v) is 9.82. The summed E-state index contributed by atoms with van der Waals surface area (Å²) < 4.78 is 28.5. The van der Waals surface area contributed by atoms with Gasteiger partial charge in [0, 0.05) is 6.54 Å². The Balaban J connectivity index is 1.55. The van der Waals surface area contributed by atoms with Crippen LogP contribution in [-0.4, -0.2) is 48.3 Å². The van der Waals surface area contributed by atoms with Crippen LogP contribution >= 0.6 is 11.0 Å². The van der Waals surface area contributed by atoms with Gasteiger partial charge in [0.25, 0.3) is 0 Å². The minimum Gasteiger partial charge on any atom is -0.478 e. The van der Waals surface area contributed by atoms with E-state index in [1.54, 1.807) is 36.4 Å². The lowest BCUT2D eigenvalue weighted by atomic mass is 10.1. The number of rotatable bonds is 6. The van der Waals surface area contributed by atoms with Crippen LogP contribution < -0.4 is 4.72 Å². The first kappa shape index (κ1) is 20.3. The Bertz CT molecular complexity index is 855. The van der Waals surface area contributed by atoms with E-state index in [1.165, 1.54) is 16.4 Å². The Morgan fingerprint density at radius 1 is 1.04 bits per heavy atom. The van der Waals surface area contributed by atoms with E-state index in [0.717, 1.165) is 5.56 Å². The summed E-state index contributed by atoms with van der Waals surface area (Å²) in [5.41, 5.74) is 1.89. The standard InChI is InChI=1S/C18H20N2O7S/c21-16-10-20(28(25,26)19-16)9-12-1-7-15(8-2-12)18(24)27-11-13-3-5-14(6-4-13)17(22)23/h1-8,16,19,21,25-26H,9-11H2,(H,22,23). The zero-order valence-corrected chi connectivity index (χ0v) is 15.5. The van der Waals surface area contributed by atoms with Crippen molar-refractivity contribution in [3.63, 3.8) is 0 Å². The van der Waals surface area contributed by atoms with Crippen molar-refractivity contribution in [2.45, 2.75) is 19.4 Å². The molecule has 150 valence electrons. The lowest BCUT2D eigenvalue weighted by Crippen LogP contribution is -2.25. The molecular weight excluding hydrogens is 388 g/mol. The van der Waals surface area contributed by atoms with Crippen molar-refractivity contribution >= 4 is 22.9 Å². The summed E-state index contributed by atoms with van der Waals surface area (Å²) in [5.74, 6) is -1.56. The van der Waals surface area contributed by atoms with Crippen LogP contribution in [0.1, 0.15) is 31.8 Å². The molecule has 10 heteroatoms. The number of carboxylic acids is 1. The van der Waals surface area contributed by atoms with Crippen molar-refractivity contribution in [1.82, 2.24) is 9.03 Å². The van der Waals surface area contributed by atoms with Crippen LogP contribution in [0.5, 0.6) is 0 Å². The monoisotopic (exact) mass is 408 g/mol. The van der Waals surface area contributed by atoms with Crippen molar-refractivity contribution in [3.05, 3.63) is 70.8 Å². The number of hydrogen-bond acceptors (Lipinski definition) is 8. The third kappa shape index (κ3) is 4.87. The van der Waals surface area contributed by atoms with Gasteiger partial charge in [0.15, 0.2) is 0 Å². The fraction of sp³-hybridized carbons (Fsp3) is 0.222. The number of carboxylic acid groups (broad SMARTS) is 1. The number of nitrogens with zero attached hydrogens (tertiary/aromatic N) is 1. The number of nitrogens with one attached hydrogen (secondary N) is 1. The maximum Gasteiger partial charge on any atom is 0.338 e. The van der Waals surface area contributed by atoms with E-state index in [1.807, 2.05) is 0 Å². The van der Waals surface area contributed by atoms with Crippen molar-refractivity contribution in [3.8, 4) is 0 Å². The largest absolute Gasteiger partial charge is 0.478 e. The molecule has 0 aromatic heterocycles. The highest BCUT2D eigenvalue weighted by atomic mass is 32.3. The first-order chi connectivity index (χ1) is 13.2. The zero-order valence-electron chi connectivity index (χ0n) is 14.7. The number of esters is 1. The molecular formula is C18H20N2O7S. The van der Waals surface area contributed by atoms with Gasteiger partial charge in [0.1, 0.15) is 12.8 Å². The van der Waals surface area contributed by atoms with Gasteiger partial charge in [-0.3, -0.25) is 9.11 Å². The molecule has 0 aliphatic carbocycles. The highest BCUT2D eigenvalue weighted by Gasteiger charge is 2.34. The lowest BCUT2D eigenvalue weighted by Gasteiger charge is -2.35. The molecule has 1 aliphatic rings. The fourth-order valence-electron chi connectivity index (χ4n) is 2.67. The molecule has 1 heterocycles. The minimum absolute atomic E-state index is 0.0126. The van der Waals surface area contributed by atoms with Crippen LogP contribution in [0, 0.1) is 0 Å². The quantitative estimate of drug-likeness (QED) is 0.454. The number of carbonyl (C=O) groups excluding carboxylic acids is 1. The van der Waals surface area contributed by atoms with E-state index >= 15 is 0 Å². The van der Waals surface area contributed by atoms with Crippen LogP contribution in [0.15, 0.2) is 48.5 Å². The Kier molecular flexibility index (Phi) is 5.98. The molecule has 0 bridgehead atoms. The maximum absolute atomic E-state index is 12.1. The van der Waals surface area contributed by atoms with E-state index < -0.39 is 29.1 Å². The molecule has 1 unspecified atom stereocenters. The highest BCUT2D eigenvalue weighted by molar-refractivity contribution is 8.20. The molecule has 0 amide bonds. The average Bonchev–Trinajstić information content (AvgIpc) is 2.91. The van der Waals surface area contributed by atoms with Crippen LogP contribution in [0.4, 0.5) is 0 Å². The molecule has 1 saturated heterocycles. The van der Waals surface area contributed by atoms with Crippen LogP contribution in [0.25, 0.3) is 0 Å². The summed E-state index contributed by atoms with van der Waals surface area (Å²) in [4.78, 5) is 23.0. The first-order valence-electron chi connectivity index (χ1n) is 8.31. The molecule has 1 atom stereocenters. The van der Waals surface area contributed by atoms with Gasteiger partial charge < -0.3 is 14.9 Å². The molecule has 0 spiro atoms. The molecule has 3 rings (SSSR count). The molecule has 5 N–H and O–H groups in total. The number of aromatic carboxylic acids is 1. The molecule has 1 fully saturated rings. The number of carbonyl (C=O) groups is 2. The topological polar surface area (TPSA) is 140 Å². The maximum atomic E-state index is 12.1. The van der Waals surface area contributed by atoms with Gasteiger partial charge in [-0.25, -0.2) is 9.59 Å². The fourth-order valence-corrected chi connectivity index (χ4v) is 3.94. The summed E-state index contributed by atoms with van der Waals surface area (Å²) in [5, 5.41) is 18.3. The van der Waals surface area contributed by atoms with Gasteiger partial charge in [-0.2, -0.15) is 9.03 Å². The van der Waals surface area contributed by atoms with Gasteiger partial charge in [0.2, 0.25) is 0 Å². The van der Waals surface area contributed by atoms with Crippen molar-refractivity contribution in [2.24, 2.45) is 0 Å². The molecule has 2 aromatic rings. The summed E-state index contributed by atoms with van der Waals surface area (Å²) in [7, 11) is -3.20. The Morgan fingerprint density at radius 3 is 2.14 bits per heavy atom. The molecule has 2 aromatic carbocycles. The number of β-amino-alcohol motifs (C(OH)–C–C–N with tert-alkyl or cyclic N) is 1. The van der Waals surface area contributed by atoms with Crippen molar-refractivity contribution in [2.75, 3.05) is 6.54 Å². The van der Waals surface area contributed by atoms with Gasteiger partial charge in [0.05, 0.1) is 17.7 Å². The molecule has 0 saturated carbocycles. The van der Waals surface area contributed by atoms with Gasteiger partial charge in [-0.05, 0) is 35.4 Å². The van der Waals surface area contributed by atoms with E-state index in [4.69, 9.17) is 9.84 Å². The van der Waals surface area contributed by atoms with E-state index in [-0.39, 0.29) is 25.3 Å². The van der Waals surface area contributed by atoms with Gasteiger partial charge in [-0.15, -0.1) is 0 Å². The SMILES string of the molecule is O=C(O)c1ccc(COC(=O)c2ccc(CN3CC(O)NS3(O)O)cc2)cc1. The second-order valence-corrected chi connectivity index (χ2v) is 8.04. The molecule has 28 heavy (non-hydrogen) atoms. The van der Waals surface area contributed by atoms with Crippen molar-refractivity contribution < 1.29 is 33.6 Å². The van der Waals surface area contributed by atoms with Gasteiger partial charge in [-0.1, -0.05) is 35.2 Å². The lowest BCUT2D eigenvalue weighted by molar-refractivity contribution is 0.0472. The van der Waals surface area contributed by atoms with Crippen molar-refractivity contribution in [1.29, 1.82) is 0 Å². The third-order valence-corrected chi connectivity index (χ3v) is 5.74. The second-order valence-electron chi connectivity index (χ2n) is 6.25. The van der Waals surface area contributed by atoms with E-state index in [2.05, 4.69) is 4.72 Å². The molecule has 9 nitrogen and oxygen atoms in total. The predicted octanol–water partition coefficient (Wildman–Crippen LogP) is 2.05. The predicted molar refractivity (Wildman–Crippen MR) is 101 cm³/mol. The average molecular weight is 408 g/mol. The summed E-state index contributed by atoms with van der Waals surface area (Å²) in [6.07, 6.45) is -1.01. The summed E-state index contributed by atoms with van der Waals surface area (Å²) >= 11 is 0. The Hall–Kier alpha value is -2.47. The van der Waals surface area contributed by atoms with E-state index in [0.29, 0.717) is 11.1 Å². The summed E-state index contributed by atoms with van der Waals surface area (Å²) in [6, 6.07) is 12.5. The number of aliphatic hydroxyl groups is 1. The number of hydrogen-bond donors (Lipinski definition) is 5. The Morgan fingerprint density at radius 2 is 1.61 bits per heavy atom. The molecule has 1 aliphatic heterocycles. The third-order valence-electron chi connectivity index (χ3n) is 4.15. The number of ether oxygens (including phenoxy) is 1. The summed E-state index contributed by atoms with van der Waals surface area (Å²) in [6.45, 7) is 0.281. The normalized spacial score (nSPS) is 19.9. The number of benzene rings is 2. The number of aliphatic hydroxyl groups excluding tert-OH is 1. The second kappa shape index (κ2) is 8.27. The van der Waals surface area contributed by atoms with Crippen LogP contribution in [-0.2, 0) is 17.9 Å². The minimum atomic E-state index is -3.20.